The van der Waals surface area contributed by atoms with E-state index in [1.165, 1.54) is 0 Å². The number of carboxylic acids is 1. The molecular weight excluding hydrogens is 202 g/mol. The van der Waals surface area contributed by atoms with Gasteiger partial charge in [0.2, 0.25) is 0 Å². The summed E-state index contributed by atoms with van der Waals surface area (Å²) >= 11 is 0. The highest BCUT2D eigenvalue weighted by Crippen LogP contribution is 2.26. The quantitative estimate of drug-likeness (QED) is 0.784. The molecule has 1 heterocycles. The summed E-state index contributed by atoms with van der Waals surface area (Å²) in [6.07, 6.45) is 1.85. The van der Waals surface area contributed by atoms with Crippen LogP contribution in [0.2, 0.25) is 0 Å². The second-order valence-electron chi connectivity index (χ2n) is 5.64. The van der Waals surface area contributed by atoms with Crippen LogP contribution in [-0.2, 0) is 4.79 Å². The van der Waals surface area contributed by atoms with Gasteiger partial charge in [0.15, 0.2) is 0 Å². The molecule has 0 aliphatic carbocycles. The molecule has 0 aromatic heterocycles. The smallest absolute Gasteiger partial charge is 0.320 e. The fourth-order valence-corrected chi connectivity index (χ4v) is 2.79. The highest BCUT2D eigenvalue weighted by molar-refractivity contribution is 5.73. The standard InChI is InChI=1S/C13H25NO2/c1-9(2)11(10(3)4)8-14-7-5-6-12(14)13(15)16/h9-12H,5-8H2,1-4H3,(H,15,16). The van der Waals surface area contributed by atoms with Crippen molar-refractivity contribution in [2.45, 2.75) is 46.6 Å². The van der Waals surface area contributed by atoms with Crippen LogP contribution in [0, 0.1) is 17.8 Å². The Hall–Kier alpha value is -0.570. The van der Waals surface area contributed by atoms with E-state index in [2.05, 4.69) is 32.6 Å². The number of aliphatic carboxylic acids is 1. The predicted octanol–water partition coefficient (Wildman–Crippen LogP) is 2.46. The summed E-state index contributed by atoms with van der Waals surface area (Å²) in [4.78, 5) is 13.3. The van der Waals surface area contributed by atoms with Gasteiger partial charge in [-0.25, -0.2) is 0 Å². The SMILES string of the molecule is CC(C)C(CN1CCCC1C(=O)O)C(C)C. The molecule has 1 aliphatic rings. The molecule has 0 aromatic carbocycles. The van der Waals surface area contributed by atoms with E-state index in [1.807, 2.05) is 0 Å². The number of hydrogen-bond donors (Lipinski definition) is 1. The average molecular weight is 227 g/mol. The van der Waals surface area contributed by atoms with E-state index in [0.29, 0.717) is 17.8 Å². The molecule has 1 rings (SSSR count). The zero-order chi connectivity index (χ0) is 12.3. The van der Waals surface area contributed by atoms with E-state index in [1.54, 1.807) is 0 Å². The minimum absolute atomic E-state index is 0.236. The molecule has 0 saturated carbocycles. The molecule has 1 atom stereocenters. The third-order valence-electron chi connectivity index (χ3n) is 3.81. The van der Waals surface area contributed by atoms with Crippen LogP contribution in [0.3, 0.4) is 0 Å². The molecule has 0 amide bonds. The van der Waals surface area contributed by atoms with Crippen LogP contribution in [0.25, 0.3) is 0 Å². The highest BCUT2D eigenvalue weighted by Gasteiger charge is 2.33. The number of likely N-dealkylation sites (tertiary alicyclic amines) is 1. The maximum absolute atomic E-state index is 11.1. The summed E-state index contributed by atoms with van der Waals surface area (Å²) in [6.45, 7) is 10.8. The number of carboxylic acid groups (broad SMARTS) is 1. The minimum Gasteiger partial charge on any atom is -0.480 e. The summed E-state index contributed by atoms with van der Waals surface area (Å²) in [5.74, 6) is 1.19. The fraction of sp³-hybridized carbons (Fsp3) is 0.923. The first-order chi connectivity index (χ1) is 7.43. The lowest BCUT2D eigenvalue weighted by molar-refractivity contribution is -0.142. The Morgan fingerprint density at radius 1 is 1.31 bits per heavy atom. The van der Waals surface area contributed by atoms with Crippen LogP contribution >= 0.6 is 0 Å². The van der Waals surface area contributed by atoms with Gasteiger partial charge in [0.25, 0.3) is 0 Å². The zero-order valence-corrected chi connectivity index (χ0v) is 10.9. The lowest BCUT2D eigenvalue weighted by Gasteiger charge is -2.31. The van der Waals surface area contributed by atoms with Crippen molar-refractivity contribution in [1.29, 1.82) is 0 Å². The van der Waals surface area contributed by atoms with Gasteiger partial charge in [-0.05, 0) is 37.1 Å². The van der Waals surface area contributed by atoms with Gasteiger partial charge in [-0.1, -0.05) is 27.7 Å². The second kappa shape index (κ2) is 5.67. The van der Waals surface area contributed by atoms with Crippen LogP contribution in [0.1, 0.15) is 40.5 Å². The number of hydrogen-bond acceptors (Lipinski definition) is 2. The summed E-state index contributed by atoms with van der Waals surface area (Å²) < 4.78 is 0. The number of nitrogens with zero attached hydrogens (tertiary/aromatic N) is 1. The maximum Gasteiger partial charge on any atom is 0.320 e. The Morgan fingerprint density at radius 2 is 1.88 bits per heavy atom. The third kappa shape index (κ3) is 3.21. The second-order valence-corrected chi connectivity index (χ2v) is 5.64. The van der Waals surface area contributed by atoms with Crippen molar-refractivity contribution >= 4 is 5.97 Å². The first-order valence-corrected chi connectivity index (χ1v) is 6.40. The molecule has 0 aromatic rings. The van der Waals surface area contributed by atoms with Crippen LogP contribution in [0.4, 0.5) is 0 Å². The molecule has 3 nitrogen and oxygen atoms in total. The van der Waals surface area contributed by atoms with E-state index in [-0.39, 0.29) is 6.04 Å². The third-order valence-corrected chi connectivity index (χ3v) is 3.81. The van der Waals surface area contributed by atoms with Crippen LogP contribution in [0.15, 0.2) is 0 Å². The summed E-state index contributed by atoms with van der Waals surface area (Å²) in [7, 11) is 0. The van der Waals surface area contributed by atoms with Gasteiger partial charge in [-0.3, -0.25) is 9.69 Å². The van der Waals surface area contributed by atoms with E-state index in [4.69, 9.17) is 5.11 Å². The molecule has 1 saturated heterocycles. The molecule has 0 spiro atoms. The van der Waals surface area contributed by atoms with Crippen molar-refractivity contribution in [3.63, 3.8) is 0 Å². The van der Waals surface area contributed by atoms with Gasteiger partial charge in [0.05, 0.1) is 0 Å². The van der Waals surface area contributed by atoms with E-state index >= 15 is 0 Å². The van der Waals surface area contributed by atoms with Gasteiger partial charge in [-0.15, -0.1) is 0 Å². The largest absolute Gasteiger partial charge is 0.480 e. The van der Waals surface area contributed by atoms with E-state index in [0.717, 1.165) is 25.9 Å². The average Bonchev–Trinajstić information content (AvgIpc) is 2.60. The van der Waals surface area contributed by atoms with Gasteiger partial charge in [0, 0.05) is 6.54 Å². The van der Waals surface area contributed by atoms with Gasteiger partial charge in [-0.2, -0.15) is 0 Å². The predicted molar refractivity (Wildman–Crippen MR) is 65.4 cm³/mol. The monoisotopic (exact) mass is 227 g/mol. The first-order valence-electron chi connectivity index (χ1n) is 6.40. The summed E-state index contributed by atoms with van der Waals surface area (Å²) in [6, 6.07) is -0.236. The normalized spacial score (nSPS) is 22.6. The van der Waals surface area contributed by atoms with Crippen LogP contribution < -0.4 is 0 Å². The van der Waals surface area contributed by atoms with Crippen molar-refractivity contribution in [3.05, 3.63) is 0 Å². The Morgan fingerprint density at radius 3 is 2.31 bits per heavy atom. The van der Waals surface area contributed by atoms with Crippen molar-refractivity contribution in [2.24, 2.45) is 17.8 Å². The van der Waals surface area contributed by atoms with Gasteiger partial charge >= 0.3 is 5.97 Å². The number of rotatable bonds is 5. The molecule has 1 aliphatic heterocycles. The Labute approximate surface area is 98.8 Å². The van der Waals surface area contributed by atoms with Crippen molar-refractivity contribution in [3.8, 4) is 0 Å². The summed E-state index contributed by atoms with van der Waals surface area (Å²) in [5, 5.41) is 9.13. The number of carbonyl (C=O) groups is 1. The summed E-state index contributed by atoms with van der Waals surface area (Å²) in [5.41, 5.74) is 0. The lowest BCUT2D eigenvalue weighted by atomic mass is 9.85. The Kier molecular flexibility index (Phi) is 4.78. The molecule has 1 unspecified atom stereocenters. The highest BCUT2D eigenvalue weighted by atomic mass is 16.4. The minimum atomic E-state index is -0.649. The van der Waals surface area contributed by atoms with Crippen LogP contribution in [-0.4, -0.2) is 35.1 Å². The van der Waals surface area contributed by atoms with Crippen LogP contribution in [0.5, 0.6) is 0 Å². The fourth-order valence-electron chi connectivity index (χ4n) is 2.79. The maximum atomic E-state index is 11.1. The Balaban J connectivity index is 2.60. The zero-order valence-electron chi connectivity index (χ0n) is 10.9. The molecule has 3 heteroatoms. The topological polar surface area (TPSA) is 40.5 Å². The Bertz CT molecular complexity index is 230. The lowest BCUT2D eigenvalue weighted by Crippen LogP contribution is -2.41. The molecule has 16 heavy (non-hydrogen) atoms. The van der Waals surface area contributed by atoms with Crippen molar-refractivity contribution < 1.29 is 9.90 Å². The van der Waals surface area contributed by atoms with Crippen molar-refractivity contribution in [1.82, 2.24) is 4.90 Å². The molecular formula is C13H25NO2. The molecule has 0 bridgehead atoms. The van der Waals surface area contributed by atoms with E-state index in [9.17, 15) is 4.79 Å². The van der Waals surface area contributed by atoms with E-state index < -0.39 is 5.97 Å². The van der Waals surface area contributed by atoms with Gasteiger partial charge in [0.1, 0.15) is 6.04 Å². The van der Waals surface area contributed by atoms with Gasteiger partial charge < -0.3 is 5.11 Å². The van der Waals surface area contributed by atoms with Crippen molar-refractivity contribution in [2.75, 3.05) is 13.1 Å². The molecule has 1 fully saturated rings. The molecule has 1 N–H and O–H groups in total. The molecule has 0 radical (unpaired) electrons. The first kappa shape index (κ1) is 13.5. The molecule has 94 valence electrons.